The number of nitro groups is 1. The first-order chi connectivity index (χ1) is 8.50. The van der Waals surface area contributed by atoms with Crippen molar-refractivity contribution < 1.29 is 9.66 Å². The second-order valence-corrected chi connectivity index (χ2v) is 4.11. The Morgan fingerprint density at radius 3 is 2.78 bits per heavy atom. The number of hydrogen-bond acceptors (Lipinski definition) is 4. The highest BCUT2D eigenvalue weighted by atomic mass is 35.5. The monoisotopic (exact) mass is 271 g/mol. The van der Waals surface area contributed by atoms with Crippen LogP contribution < -0.4 is 10.5 Å². The van der Waals surface area contributed by atoms with Crippen LogP contribution in [0.5, 0.6) is 5.75 Å². The molecule has 0 atom stereocenters. The Morgan fingerprint density at radius 1 is 1.50 bits per heavy atom. The Labute approximate surface area is 109 Å². The molecule has 0 aliphatic heterocycles. The van der Waals surface area contributed by atoms with Crippen molar-refractivity contribution in [3.8, 4) is 5.75 Å². The maximum absolute atomic E-state index is 10.5. The summed E-state index contributed by atoms with van der Waals surface area (Å²) >= 11 is 5.74. The molecule has 7 heteroatoms. The van der Waals surface area contributed by atoms with Crippen LogP contribution in [0.1, 0.15) is 19.3 Å². The van der Waals surface area contributed by atoms with E-state index in [2.05, 4.69) is 0 Å². The molecule has 0 aliphatic rings. The number of amidine groups is 1. The second-order valence-electron chi connectivity index (χ2n) is 3.70. The van der Waals surface area contributed by atoms with E-state index in [1.807, 2.05) is 0 Å². The van der Waals surface area contributed by atoms with Gasteiger partial charge in [0, 0.05) is 18.6 Å². The average Bonchev–Trinajstić information content (AvgIpc) is 2.27. The number of benzene rings is 1. The number of rotatable bonds is 7. The molecule has 0 fully saturated rings. The zero-order valence-corrected chi connectivity index (χ0v) is 10.4. The molecular formula is C11H14ClN3O3. The lowest BCUT2D eigenvalue weighted by atomic mass is 10.2. The van der Waals surface area contributed by atoms with Crippen LogP contribution in [0.3, 0.4) is 0 Å². The highest BCUT2D eigenvalue weighted by molar-refractivity contribution is 6.32. The van der Waals surface area contributed by atoms with Gasteiger partial charge in [-0.05, 0) is 18.9 Å². The van der Waals surface area contributed by atoms with Crippen molar-refractivity contribution in [2.24, 2.45) is 5.73 Å². The number of halogens is 1. The summed E-state index contributed by atoms with van der Waals surface area (Å²) in [4.78, 5) is 10.0. The number of nitro benzene ring substituents is 1. The Morgan fingerprint density at radius 2 is 2.22 bits per heavy atom. The van der Waals surface area contributed by atoms with Gasteiger partial charge in [-0.15, -0.1) is 0 Å². The lowest BCUT2D eigenvalue weighted by molar-refractivity contribution is -0.384. The van der Waals surface area contributed by atoms with Crippen molar-refractivity contribution in [1.82, 2.24) is 0 Å². The van der Waals surface area contributed by atoms with E-state index in [0.717, 1.165) is 12.8 Å². The molecule has 98 valence electrons. The molecule has 18 heavy (non-hydrogen) atoms. The Hall–Kier alpha value is -1.82. The number of nitrogens with two attached hydrogens (primary N) is 1. The summed E-state index contributed by atoms with van der Waals surface area (Å²) in [5.41, 5.74) is 5.07. The topological polar surface area (TPSA) is 102 Å². The van der Waals surface area contributed by atoms with Gasteiger partial charge in [-0.2, -0.15) is 0 Å². The van der Waals surface area contributed by atoms with Crippen molar-refractivity contribution in [3.05, 3.63) is 33.3 Å². The highest BCUT2D eigenvalue weighted by Gasteiger charge is 2.12. The Balaban J connectivity index is 2.42. The maximum Gasteiger partial charge on any atom is 0.288 e. The first-order valence-electron chi connectivity index (χ1n) is 5.40. The van der Waals surface area contributed by atoms with E-state index in [9.17, 15) is 10.1 Å². The molecule has 0 bridgehead atoms. The fourth-order valence-corrected chi connectivity index (χ4v) is 1.57. The van der Waals surface area contributed by atoms with Crippen LogP contribution in [0, 0.1) is 15.5 Å². The van der Waals surface area contributed by atoms with Crippen LogP contribution in [0.2, 0.25) is 5.02 Å². The molecule has 1 aromatic carbocycles. The fraction of sp³-hybridized carbons (Fsp3) is 0.364. The van der Waals surface area contributed by atoms with E-state index in [1.54, 1.807) is 0 Å². The summed E-state index contributed by atoms with van der Waals surface area (Å²) in [7, 11) is 0. The van der Waals surface area contributed by atoms with Gasteiger partial charge in [-0.25, -0.2) is 0 Å². The van der Waals surface area contributed by atoms with E-state index >= 15 is 0 Å². The summed E-state index contributed by atoms with van der Waals surface area (Å²) in [6.07, 6.45) is 2.08. The van der Waals surface area contributed by atoms with Crippen LogP contribution in [0.15, 0.2) is 18.2 Å². The summed E-state index contributed by atoms with van der Waals surface area (Å²) < 4.78 is 5.39. The van der Waals surface area contributed by atoms with E-state index in [4.69, 9.17) is 27.5 Å². The van der Waals surface area contributed by atoms with Crippen LogP contribution >= 0.6 is 11.6 Å². The first kappa shape index (κ1) is 14.2. The minimum Gasteiger partial charge on any atom is -0.494 e. The van der Waals surface area contributed by atoms with Gasteiger partial charge in [0.2, 0.25) is 0 Å². The molecule has 0 unspecified atom stereocenters. The maximum atomic E-state index is 10.5. The molecule has 3 N–H and O–H groups in total. The zero-order chi connectivity index (χ0) is 13.5. The number of hydrogen-bond donors (Lipinski definition) is 2. The number of unbranched alkanes of at least 4 members (excludes halogenated alkanes) is 1. The smallest absolute Gasteiger partial charge is 0.288 e. The quantitative estimate of drug-likeness (QED) is 0.262. The largest absolute Gasteiger partial charge is 0.494 e. The minimum absolute atomic E-state index is 0.0567. The molecule has 0 saturated carbocycles. The predicted molar refractivity (Wildman–Crippen MR) is 69.4 cm³/mol. The molecule has 0 aromatic heterocycles. The van der Waals surface area contributed by atoms with Gasteiger partial charge in [0.05, 0.1) is 17.4 Å². The van der Waals surface area contributed by atoms with Gasteiger partial charge in [0.25, 0.3) is 5.69 Å². The summed E-state index contributed by atoms with van der Waals surface area (Å²) in [6, 6.07) is 4.24. The molecule has 0 amide bonds. The van der Waals surface area contributed by atoms with Gasteiger partial charge < -0.3 is 10.5 Å². The molecule has 1 rings (SSSR count). The van der Waals surface area contributed by atoms with Crippen molar-refractivity contribution in [2.45, 2.75) is 19.3 Å². The number of nitrogens with one attached hydrogen (secondary N) is 1. The van der Waals surface area contributed by atoms with E-state index in [1.165, 1.54) is 18.2 Å². The van der Waals surface area contributed by atoms with Gasteiger partial charge in [-0.1, -0.05) is 11.6 Å². The normalized spacial score (nSPS) is 10.1. The van der Waals surface area contributed by atoms with E-state index in [0.29, 0.717) is 18.8 Å². The molecule has 6 nitrogen and oxygen atoms in total. The van der Waals surface area contributed by atoms with Crippen molar-refractivity contribution >= 4 is 23.1 Å². The molecular weight excluding hydrogens is 258 g/mol. The Bertz CT molecular complexity index is 451. The van der Waals surface area contributed by atoms with Crippen molar-refractivity contribution in [3.63, 3.8) is 0 Å². The van der Waals surface area contributed by atoms with Gasteiger partial charge in [0.1, 0.15) is 10.8 Å². The summed E-state index contributed by atoms with van der Waals surface area (Å²) in [5.74, 6) is 0.654. The van der Waals surface area contributed by atoms with Gasteiger partial charge in [0.15, 0.2) is 0 Å². The molecule has 0 spiro atoms. The van der Waals surface area contributed by atoms with Gasteiger partial charge in [-0.3, -0.25) is 15.5 Å². The van der Waals surface area contributed by atoms with Gasteiger partial charge >= 0.3 is 0 Å². The number of nitrogens with zero attached hydrogens (tertiary/aromatic N) is 1. The third kappa shape index (κ3) is 4.58. The second kappa shape index (κ2) is 6.80. The Kier molecular flexibility index (Phi) is 5.38. The lowest BCUT2D eigenvalue weighted by Gasteiger charge is -2.06. The lowest BCUT2D eigenvalue weighted by Crippen LogP contribution is -2.09. The standard InChI is InChI=1S/C11H14ClN3O3/c12-9-7-8(4-5-10(9)15(16)17)18-6-2-1-3-11(13)14/h4-5,7H,1-3,6H2,(H3,13,14). The van der Waals surface area contributed by atoms with E-state index in [-0.39, 0.29) is 16.5 Å². The first-order valence-corrected chi connectivity index (χ1v) is 5.78. The predicted octanol–water partition coefficient (Wildman–Crippen LogP) is 2.73. The van der Waals surface area contributed by atoms with Crippen LogP contribution in [-0.2, 0) is 0 Å². The summed E-state index contributed by atoms with van der Waals surface area (Å²) in [6.45, 7) is 0.460. The van der Waals surface area contributed by atoms with Crippen LogP contribution in [-0.4, -0.2) is 17.4 Å². The van der Waals surface area contributed by atoms with Crippen molar-refractivity contribution in [2.75, 3.05) is 6.61 Å². The van der Waals surface area contributed by atoms with Crippen molar-refractivity contribution in [1.29, 1.82) is 5.41 Å². The zero-order valence-electron chi connectivity index (χ0n) is 9.69. The molecule has 0 saturated heterocycles. The third-order valence-electron chi connectivity index (χ3n) is 2.23. The fourth-order valence-electron chi connectivity index (χ4n) is 1.33. The molecule has 1 aromatic rings. The molecule has 0 heterocycles. The summed E-state index contributed by atoms with van der Waals surface area (Å²) in [5, 5.41) is 17.6. The van der Waals surface area contributed by atoms with Crippen LogP contribution in [0.25, 0.3) is 0 Å². The number of ether oxygens (including phenoxy) is 1. The highest BCUT2D eigenvalue weighted by Crippen LogP contribution is 2.28. The third-order valence-corrected chi connectivity index (χ3v) is 2.53. The van der Waals surface area contributed by atoms with Crippen LogP contribution in [0.4, 0.5) is 5.69 Å². The van der Waals surface area contributed by atoms with E-state index < -0.39 is 4.92 Å². The molecule has 0 aliphatic carbocycles. The molecule has 0 radical (unpaired) electrons. The minimum atomic E-state index is -0.543. The average molecular weight is 272 g/mol. The SMILES string of the molecule is N=C(N)CCCCOc1ccc([N+](=O)[O-])c(Cl)c1.